The number of aromatic nitrogens is 1. The van der Waals surface area contributed by atoms with Gasteiger partial charge in [0.05, 0.1) is 0 Å². The summed E-state index contributed by atoms with van der Waals surface area (Å²) in [4.78, 5) is 0. The molecule has 0 bridgehead atoms. The molecule has 72 valence electrons. The molecule has 1 heterocycles. The zero-order valence-corrected chi connectivity index (χ0v) is 9.31. The van der Waals surface area contributed by atoms with Crippen molar-refractivity contribution >= 4 is 5.57 Å². The fourth-order valence-electron chi connectivity index (χ4n) is 1.75. The van der Waals surface area contributed by atoms with Gasteiger partial charge in [0.2, 0.25) is 0 Å². The first-order chi connectivity index (χ1) is 5.95. The summed E-state index contributed by atoms with van der Waals surface area (Å²) in [6, 6.07) is 0. The molecular weight excluding hydrogens is 158 g/mol. The topological polar surface area (TPSA) is 4.93 Å². The van der Waals surface area contributed by atoms with Crippen LogP contribution in [0.1, 0.15) is 43.5 Å². The molecule has 0 N–H and O–H groups in total. The smallest absolute Gasteiger partial charge is 0.0218 e. The van der Waals surface area contributed by atoms with Crippen molar-refractivity contribution in [3.63, 3.8) is 0 Å². The van der Waals surface area contributed by atoms with Crippen LogP contribution in [0.25, 0.3) is 5.57 Å². The highest BCUT2D eigenvalue weighted by molar-refractivity contribution is 5.67. The molecule has 0 amide bonds. The van der Waals surface area contributed by atoms with Gasteiger partial charge in [0.1, 0.15) is 0 Å². The molecule has 1 aromatic heterocycles. The highest BCUT2D eigenvalue weighted by atomic mass is 14.9. The summed E-state index contributed by atoms with van der Waals surface area (Å²) in [5.74, 6) is 0.576. The molecule has 1 nitrogen and oxygen atoms in total. The van der Waals surface area contributed by atoms with E-state index in [0.717, 1.165) is 0 Å². The molecule has 0 fully saturated rings. The summed E-state index contributed by atoms with van der Waals surface area (Å²) in [7, 11) is 2.09. The van der Waals surface area contributed by atoms with Crippen LogP contribution >= 0.6 is 0 Å². The van der Waals surface area contributed by atoms with Crippen LogP contribution in [0.4, 0.5) is 0 Å². The molecular formula is C12H19N. The fraction of sp³-hybridized carbons (Fsp3) is 0.500. The average molecular weight is 177 g/mol. The van der Waals surface area contributed by atoms with E-state index in [1.165, 1.54) is 22.4 Å². The Hall–Kier alpha value is -0.980. The highest BCUT2D eigenvalue weighted by Gasteiger charge is 2.13. The minimum absolute atomic E-state index is 0.576. The Morgan fingerprint density at radius 2 is 2.00 bits per heavy atom. The van der Waals surface area contributed by atoms with Crippen molar-refractivity contribution in [2.45, 2.75) is 33.6 Å². The van der Waals surface area contributed by atoms with E-state index in [4.69, 9.17) is 0 Å². The van der Waals surface area contributed by atoms with E-state index in [0.29, 0.717) is 5.92 Å². The van der Waals surface area contributed by atoms with Gasteiger partial charge in [-0.1, -0.05) is 20.4 Å². The molecule has 13 heavy (non-hydrogen) atoms. The highest BCUT2D eigenvalue weighted by Crippen LogP contribution is 2.28. The van der Waals surface area contributed by atoms with Gasteiger partial charge in [0.25, 0.3) is 0 Å². The molecule has 1 aromatic rings. The van der Waals surface area contributed by atoms with E-state index in [1.807, 2.05) is 0 Å². The minimum Gasteiger partial charge on any atom is -0.354 e. The van der Waals surface area contributed by atoms with Crippen molar-refractivity contribution < 1.29 is 0 Å². The van der Waals surface area contributed by atoms with E-state index < -0.39 is 0 Å². The zero-order chi connectivity index (χ0) is 10.2. The van der Waals surface area contributed by atoms with E-state index in [-0.39, 0.29) is 0 Å². The normalized spacial score (nSPS) is 10.9. The molecule has 0 aliphatic rings. The second-order valence-corrected chi connectivity index (χ2v) is 4.09. The number of allylic oxidation sites excluding steroid dienone is 1. The summed E-state index contributed by atoms with van der Waals surface area (Å²) >= 11 is 0. The molecule has 0 saturated carbocycles. The Morgan fingerprint density at radius 3 is 2.31 bits per heavy atom. The van der Waals surface area contributed by atoms with Crippen LogP contribution in [0.15, 0.2) is 12.8 Å². The molecule has 0 atom stereocenters. The Bertz CT molecular complexity index is 329. The van der Waals surface area contributed by atoms with Crippen LogP contribution in [0.3, 0.4) is 0 Å². The van der Waals surface area contributed by atoms with E-state index in [2.05, 4.69) is 52.1 Å². The molecule has 0 aliphatic heterocycles. The first-order valence-corrected chi connectivity index (χ1v) is 4.76. The van der Waals surface area contributed by atoms with Gasteiger partial charge in [-0.15, -0.1) is 0 Å². The third kappa shape index (κ3) is 1.69. The van der Waals surface area contributed by atoms with Crippen LogP contribution in [-0.2, 0) is 7.05 Å². The summed E-state index contributed by atoms with van der Waals surface area (Å²) in [6.07, 6.45) is 2.21. The fourth-order valence-corrected chi connectivity index (χ4v) is 1.75. The predicted octanol–water partition coefficient (Wildman–Crippen LogP) is 3.49. The lowest BCUT2D eigenvalue weighted by molar-refractivity contribution is 0.841. The second-order valence-electron chi connectivity index (χ2n) is 4.09. The molecule has 1 heteroatoms. The van der Waals surface area contributed by atoms with Crippen LogP contribution in [-0.4, -0.2) is 4.57 Å². The first kappa shape index (κ1) is 10.1. The Balaban J connectivity index is 3.35. The third-order valence-electron chi connectivity index (χ3n) is 2.56. The Kier molecular flexibility index (Phi) is 2.65. The quantitative estimate of drug-likeness (QED) is 0.651. The van der Waals surface area contributed by atoms with Gasteiger partial charge in [-0.25, -0.2) is 0 Å². The van der Waals surface area contributed by atoms with Crippen LogP contribution in [0.2, 0.25) is 0 Å². The number of hydrogen-bond acceptors (Lipinski definition) is 0. The summed E-state index contributed by atoms with van der Waals surface area (Å²) in [5.41, 5.74) is 5.24. The third-order valence-corrected chi connectivity index (χ3v) is 2.56. The van der Waals surface area contributed by atoms with E-state index in [9.17, 15) is 0 Å². The average Bonchev–Trinajstić information content (AvgIpc) is 2.28. The lowest BCUT2D eigenvalue weighted by Crippen LogP contribution is -1.91. The lowest BCUT2D eigenvalue weighted by Gasteiger charge is -2.07. The van der Waals surface area contributed by atoms with Gasteiger partial charge >= 0.3 is 0 Å². The molecule has 0 aliphatic carbocycles. The molecule has 1 rings (SSSR count). The standard InChI is InChI=1S/C12H19N/c1-8(2)11-7-13(6)10(5)12(11)9(3)4/h7-8H,3H2,1-2,4-6H3. The molecule has 0 unspecified atom stereocenters. The lowest BCUT2D eigenvalue weighted by atomic mass is 9.97. The van der Waals surface area contributed by atoms with Crippen molar-refractivity contribution in [1.82, 2.24) is 4.57 Å². The van der Waals surface area contributed by atoms with Crippen molar-refractivity contribution in [3.8, 4) is 0 Å². The van der Waals surface area contributed by atoms with Gasteiger partial charge < -0.3 is 4.57 Å². The maximum atomic E-state index is 4.03. The number of aryl methyl sites for hydroxylation is 1. The zero-order valence-electron chi connectivity index (χ0n) is 9.31. The van der Waals surface area contributed by atoms with Gasteiger partial charge in [-0.2, -0.15) is 0 Å². The number of hydrogen-bond donors (Lipinski definition) is 0. The monoisotopic (exact) mass is 177 g/mol. The van der Waals surface area contributed by atoms with Crippen LogP contribution < -0.4 is 0 Å². The maximum Gasteiger partial charge on any atom is 0.0218 e. The van der Waals surface area contributed by atoms with Gasteiger partial charge in [-0.3, -0.25) is 0 Å². The van der Waals surface area contributed by atoms with Gasteiger partial charge in [-0.05, 0) is 30.9 Å². The van der Waals surface area contributed by atoms with Gasteiger partial charge in [0.15, 0.2) is 0 Å². The molecule has 0 saturated heterocycles. The Labute approximate surface area is 81.1 Å². The SMILES string of the molecule is C=C(C)c1c(C(C)C)cn(C)c1C. The largest absolute Gasteiger partial charge is 0.354 e. The number of nitrogens with zero attached hydrogens (tertiary/aromatic N) is 1. The first-order valence-electron chi connectivity index (χ1n) is 4.76. The molecule has 0 radical (unpaired) electrons. The maximum absolute atomic E-state index is 4.03. The van der Waals surface area contributed by atoms with Crippen LogP contribution in [0, 0.1) is 6.92 Å². The van der Waals surface area contributed by atoms with Crippen molar-refractivity contribution in [1.29, 1.82) is 0 Å². The molecule has 0 aromatic carbocycles. The molecule has 0 spiro atoms. The van der Waals surface area contributed by atoms with Crippen molar-refractivity contribution in [2.24, 2.45) is 7.05 Å². The van der Waals surface area contributed by atoms with Crippen molar-refractivity contribution in [3.05, 3.63) is 29.6 Å². The number of rotatable bonds is 2. The predicted molar refractivity (Wildman–Crippen MR) is 58.9 cm³/mol. The summed E-state index contributed by atoms with van der Waals surface area (Å²) in [6.45, 7) is 12.7. The van der Waals surface area contributed by atoms with Gasteiger partial charge in [0, 0.05) is 24.5 Å². The van der Waals surface area contributed by atoms with E-state index in [1.54, 1.807) is 0 Å². The van der Waals surface area contributed by atoms with Crippen LogP contribution in [0.5, 0.6) is 0 Å². The summed E-state index contributed by atoms with van der Waals surface area (Å²) in [5, 5.41) is 0. The second kappa shape index (κ2) is 3.41. The van der Waals surface area contributed by atoms with Crippen molar-refractivity contribution in [2.75, 3.05) is 0 Å². The summed E-state index contributed by atoms with van der Waals surface area (Å²) < 4.78 is 2.18. The Morgan fingerprint density at radius 1 is 1.46 bits per heavy atom. The minimum atomic E-state index is 0.576. The van der Waals surface area contributed by atoms with E-state index >= 15 is 0 Å².